The molecule has 3 heteroatoms. The fraction of sp³-hybridized carbons (Fsp3) is 0.545. The van der Waals surface area contributed by atoms with E-state index in [1.807, 2.05) is 36.7 Å². The molecule has 0 radical (unpaired) electrons. The number of aryl methyl sites for hydroxylation is 1. The molecule has 0 spiro atoms. The average molecular weight is 341 g/mol. The fourth-order valence-corrected chi connectivity index (χ4v) is 2.81. The minimum Gasteiger partial charge on any atom is -0.494 e. The summed E-state index contributed by atoms with van der Waals surface area (Å²) < 4.78 is 5.81. The van der Waals surface area contributed by atoms with Gasteiger partial charge < -0.3 is 4.74 Å². The highest BCUT2D eigenvalue weighted by Crippen LogP contribution is 2.20. The van der Waals surface area contributed by atoms with Crippen LogP contribution in [0.1, 0.15) is 70.8 Å². The zero-order chi connectivity index (χ0) is 17.7. The van der Waals surface area contributed by atoms with Crippen LogP contribution in [0.25, 0.3) is 11.4 Å². The predicted molar refractivity (Wildman–Crippen MR) is 105 cm³/mol. The van der Waals surface area contributed by atoms with Crippen molar-refractivity contribution in [2.24, 2.45) is 0 Å². The topological polar surface area (TPSA) is 35.0 Å². The van der Waals surface area contributed by atoms with Gasteiger partial charge in [0.05, 0.1) is 6.61 Å². The van der Waals surface area contributed by atoms with E-state index in [0.717, 1.165) is 36.6 Å². The molecule has 0 saturated heterocycles. The summed E-state index contributed by atoms with van der Waals surface area (Å²) in [6.45, 7) is 5.26. The quantitative estimate of drug-likeness (QED) is 0.430. The molecular formula is C22H32N2O. The van der Waals surface area contributed by atoms with E-state index in [-0.39, 0.29) is 0 Å². The summed E-state index contributed by atoms with van der Waals surface area (Å²) in [4.78, 5) is 9.02. The number of ether oxygens (including phenoxy) is 1. The highest BCUT2D eigenvalue weighted by atomic mass is 16.5. The van der Waals surface area contributed by atoms with Gasteiger partial charge in [-0.2, -0.15) is 0 Å². The first-order valence-electron chi connectivity index (χ1n) is 9.87. The van der Waals surface area contributed by atoms with Crippen LogP contribution in [0.5, 0.6) is 5.75 Å². The molecule has 1 aromatic carbocycles. The van der Waals surface area contributed by atoms with Gasteiger partial charge in [-0.25, -0.2) is 9.97 Å². The van der Waals surface area contributed by atoms with Gasteiger partial charge >= 0.3 is 0 Å². The van der Waals surface area contributed by atoms with Gasteiger partial charge in [0.2, 0.25) is 0 Å². The van der Waals surface area contributed by atoms with Crippen molar-refractivity contribution < 1.29 is 4.74 Å². The minimum absolute atomic E-state index is 0.783. The Hall–Kier alpha value is -1.90. The smallest absolute Gasteiger partial charge is 0.159 e. The largest absolute Gasteiger partial charge is 0.494 e. The number of hydrogen-bond donors (Lipinski definition) is 0. The molecule has 0 aliphatic carbocycles. The lowest BCUT2D eigenvalue weighted by Crippen LogP contribution is -1.97. The second-order valence-corrected chi connectivity index (χ2v) is 6.66. The number of aromatic nitrogens is 2. The minimum atomic E-state index is 0.783. The Morgan fingerprint density at radius 1 is 0.760 bits per heavy atom. The molecule has 2 rings (SSSR count). The standard InChI is InChI=1S/C22H32N2O/c1-3-5-7-8-10-16-25-21-14-12-20(13-15-21)22-23-17-19(18-24-22)11-9-6-4-2/h12-15,17-18H,3-11,16H2,1-2H3. The first kappa shape index (κ1) is 19.4. The zero-order valence-electron chi connectivity index (χ0n) is 15.8. The summed E-state index contributed by atoms with van der Waals surface area (Å²) in [5.41, 5.74) is 2.26. The molecule has 0 amide bonds. The van der Waals surface area contributed by atoms with Gasteiger partial charge in [-0.05, 0) is 49.1 Å². The third-order valence-electron chi connectivity index (χ3n) is 4.40. The summed E-state index contributed by atoms with van der Waals surface area (Å²) in [7, 11) is 0. The van der Waals surface area contributed by atoms with E-state index in [4.69, 9.17) is 4.74 Å². The molecule has 136 valence electrons. The molecule has 25 heavy (non-hydrogen) atoms. The highest BCUT2D eigenvalue weighted by molar-refractivity contribution is 5.55. The second-order valence-electron chi connectivity index (χ2n) is 6.66. The molecule has 1 heterocycles. The van der Waals surface area contributed by atoms with Crippen molar-refractivity contribution in [1.82, 2.24) is 9.97 Å². The lowest BCUT2D eigenvalue weighted by Gasteiger charge is -2.07. The van der Waals surface area contributed by atoms with E-state index in [1.54, 1.807) is 0 Å². The lowest BCUT2D eigenvalue weighted by atomic mass is 10.1. The number of hydrogen-bond acceptors (Lipinski definition) is 3. The number of nitrogens with zero attached hydrogens (tertiary/aromatic N) is 2. The van der Waals surface area contributed by atoms with Crippen molar-refractivity contribution in [1.29, 1.82) is 0 Å². The Bertz CT molecular complexity index is 578. The molecule has 0 aliphatic heterocycles. The first-order valence-corrected chi connectivity index (χ1v) is 9.87. The summed E-state index contributed by atoms with van der Waals surface area (Å²) in [6, 6.07) is 8.11. The third-order valence-corrected chi connectivity index (χ3v) is 4.40. The van der Waals surface area contributed by atoms with Crippen molar-refractivity contribution >= 4 is 0 Å². The van der Waals surface area contributed by atoms with Gasteiger partial charge in [0.25, 0.3) is 0 Å². The van der Waals surface area contributed by atoms with Crippen LogP contribution in [0.2, 0.25) is 0 Å². The Morgan fingerprint density at radius 2 is 1.40 bits per heavy atom. The van der Waals surface area contributed by atoms with Crippen LogP contribution in [-0.2, 0) is 6.42 Å². The van der Waals surface area contributed by atoms with E-state index in [1.165, 1.54) is 50.5 Å². The van der Waals surface area contributed by atoms with Crippen LogP contribution >= 0.6 is 0 Å². The van der Waals surface area contributed by atoms with Gasteiger partial charge in [0.1, 0.15) is 5.75 Å². The van der Waals surface area contributed by atoms with E-state index in [0.29, 0.717) is 0 Å². The summed E-state index contributed by atoms with van der Waals surface area (Å²) >= 11 is 0. The Kier molecular flexibility index (Phi) is 9.03. The molecule has 0 bridgehead atoms. The Labute approximate surface area is 152 Å². The number of rotatable bonds is 12. The monoisotopic (exact) mass is 340 g/mol. The normalized spacial score (nSPS) is 10.8. The number of benzene rings is 1. The maximum atomic E-state index is 5.81. The average Bonchev–Trinajstić information content (AvgIpc) is 2.66. The number of unbranched alkanes of at least 4 members (excludes halogenated alkanes) is 6. The summed E-state index contributed by atoms with van der Waals surface area (Å²) in [6.07, 6.45) is 15.0. The van der Waals surface area contributed by atoms with Crippen LogP contribution < -0.4 is 4.74 Å². The highest BCUT2D eigenvalue weighted by Gasteiger charge is 2.03. The molecule has 2 aromatic rings. The second kappa shape index (κ2) is 11.6. The van der Waals surface area contributed by atoms with Crippen molar-refractivity contribution in [3.63, 3.8) is 0 Å². The van der Waals surface area contributed by atoms with Crippen molar-refractivity contribution in [3.8, 4) is 17.1 Å². The van der Waals surface area contributed by atoms with E-state index >= 15 is 0 Å². The summed E-state index contributed by atoms with van der Waals surface area (Å²) in [5, 5.41) is 0. The molecule has 0 fully saturated rings. The third kappa shape index (κ3) is 7.25. The molecule has 0 atom stereocenters. The zero-order valence-corrected chi connectivity index (χ0v) is 15.8. The molecule has 0 aliphatic rings. The van der Waals surface area contributed by atoms with Gasteiger partial charge in [0, 0.05) is 18.0 Å². The van der Waals surface area contributed by atoms with Crippen molar-refractivity contribution in [2.45, 2.75) is 71.6 Å². The SMILES string of the molecule is CCCCCCCOc1ccc(-c2ncc(CCCCC)cn2)cc1. The summed E-state index contributed by atoms with van der Waals surface area (Å²) in [5.74, 6) is 1.71. The molecule has 0 saturated carbocycles. The molecule has 3 nitrogen and oxygen atoms in total. The van der Waals surface area contributed by atoms with E-state index < -0.39 is 0 Å². The van der Waals surface area contributed by atoms with Crippen molar-refractivity contribution in [3.05, 3.63) is 42.2 Å². The van der Waals surface area contributed by atoms with Crippen LogP contribution in [0, 0.1) is 0 Å². The predicted octanol–water partition coefficient (Wildman–Crippen LogP) is 6.23. The maximum Gasteiger partial charge on any atom is 0.159 e. The Balaban J connectivity index is 1.79. The molecule has 1 aromatic heterocycles. The molecule has 0 N–H and O–H groups in total. The molecule has 0 unspecified atom stereocenters. The van der Waals surface area contributed by atoms with E-state index in [2.05, 4.69) is 23.8 Å². The molecular weight excluding hydrogens is 308 g/mol. The van der Waals surface area contributed by atoms with Gasteiger partial charge in [-0.3, -0.25) is 0 Å². The van der Waals surface area contributed by atoms with Gasteiger partial charge in [-0.1, -0.05) is 52.4 Å². The lowest BCUT2D eigenvalue weighted by molar-refractivity contribution is 0.304. The fourth-order valence-electron chi connectivity index (χ4n) is 2.81. The van der Waals surface area contributed by atoms with Gasteiger partial charge in [0.15, 0.2) is 5.82 Å². The van der Waals surface area contributed by atoms with E-state index in [9.17, 15) is 0 Å². The van der Waals surface area contributed by atoms with Crippen LogP contribution in [0.4, 0.5) is 0 Å². The van der Waals surface area contributed by atoms with Crippen LogP contribution in [0.3, 0.4) is 0 Å². The van der Waals surface area contributed by atoms with Crippen molar-refractivity contribution in [2.75, 3.05) is 6.61 Å². The van der Waals surface area contributed by atoms with Gasteiger partial charge in [-0.15, -0.1) is 0 Å². The maximum absolute atomic E-state index is 5.81. The Morgan fingerprint density at radius 3 is 2.08 bits per heavy atom. The first-order chi connectivity index (χ1) is 12.3. The van der Waals surface area contributed by atoms with Crippen LogP contribution in [-0.4, -0.2) is 16.6 Å². The van der Waals surface area contributed by atoms with Crippen LogP contribution in [0.15, 0.2) is 36.7 Å².